The van der Waals surface area contributed by atoms with Gasteiger partial charge in [0.1, 0.15) is 5.82 Å². The highest BCUT2D eigenvalue weighted by atomic mass is 19.1. The molecule has 2 aromatic carbocycles. The van der Waals surface area contributed by atoms with Crippen molar-refractivity contribution < 1.29 is 14.0 Å². The van der Waals surface area contributed by atoms with E-state index in [1.54, 1.807) is 17.0 Å². The molecule has 0 saturated carbocycles. The van der Waals surface area contributed by atoms with E-state index >= 15 is 0 Å². The third kappa shape index (κ3) is 4.70. The smallest absolute Gasteiger partial charge is 0.223 e. The van der Waals surface area contributed by atoms with Gasteiger partial charge in [-0.25, -0.2) is 4.39 Å². The lowest BCUT2D eigenvalue weighted by atomic mass is 9.98. The Kier molecular flexibility index (Phi) is 5.84. The molecule has 3 rings (SSSR count). The Balaban J connectivity index is 1.54. The fourth-order valence-corrected chi connectivity index (χ4v) is 3.26. The maximum absolute atomic E-state index is 13.0. The molecule has 0 radical (unpaired) electrons. The number of nitrogens with zero attached hydrogens (tertiary/aromatic N) is 1. The summed E-state index contributed by atoms with van der Waals surface area (Å²) in [4.78, 5) is 26.6. The summed E-state index contributed by atoms with van der Waals surface area (Å²) in [7, 11) is 0. The van der Waals surface area contributed by atoms with Crippen LogP contribution in [0.1, 0.15) is 46.3 Å². The predicted octanol–water partition coefficient (Wildman–Crippen LogP) is 4.72. The lowest BCUT2D eigenvalue weighted by molar-refractivity contribution is -0.130. The highest BCUT2D eigenvalue weighted by molar-refractivity contribution is 5.98. The third-order valence-corrected chi connectivity index (χ3v) is 5.17. The Labute approximate surface area is 159 Å². The fourth-order valence-electron chi connectivity index (χ4n) is 3.26. The van der Waals surface area contributed by atoms with Crippen molar-refractivity contribution in [2.75, 3.05) is 13.1 Å². The minimum absolute atomic E-state index is 0.00147. The van der Waals surface area contributed by atoms with Crippen molar-refractivity contribution in [1.29, 1.82) is 0 Å². The molecule has 27 heavy (non-hydrogen) atoms. The summed E-state index contributed by atoms with van der Waals surface area (Å²) in [5, 5.41) is 0. The number of hydrogen-bond acceptors (Lipinski definition) is 2. The van der Waals surface area contributed by atoms with Crippen LogP contribution in [0.25, 0.3) is 5.57 Å². The van der Waals surface area contributed by atoms with Gasteiger partial charge in [0.2, 0.25) is 5.91 Å². The highest BCUT2D eigenvalue weighted by Gasteiger charge is 2.19. The van der Waals surface area contributed by atoms with E-state index < -0.39 is 0 Å². The Morgan fingerprint density at radius 3 is 2.37 bits per heavy atom. The SMILES string of the molecule is Cc1ccc(C(=O)CCC(=O)N2CC=C(c3ccc(F)cc3)CC2)cc1C. The van der Waals surface area contributed by atoms with E-state index in [4.69, 9.17) is 0 Å². The van der Waals surface area contributed by atoms with E-state index in [9.17, 15) is 14.0 Å². The monoisotopic (exact) mass is 365 g/mol. The Morgan fingerprint density at radius 2 is 1.74 bits per heavy atom. The number of ketones is 1. The molecule has 140 valence electrons. The third-order valence-electron chi connectivity index (χ3n) is 5.17. The van der Waals surface area contributed by atoms with Crippen LogP contribution in [-0.2, 0) is 4.79 Å². The summed E-state index contributed by atoms with van der Waals surface area (Å²) in [6.07, 6.45) is 3.21. The van der Waals surface area contributed by atoms with Crippen molar-refractivity contribution in [1.82, 2.24) is 4.90 Å². The number of amides is 1. The van der Waals surface area contributed by atoms with E-state index in [1.165, 1.54) is 12.1 Å². The molecule has 0 unspecified atom stereocenters. The molecule has 0 saturated heterocycles. The molecule has 0 spiro atoms. The number of benzene rings is 2. The van der Waals surface area contributed by atoms with E-state index in [0.717, 1.165) is 28.7 Å². The molecular weight excluding hydrogens is 341 g/mol. The van der Waals surface area contributed by atoms with Gasteiger partial charge in [-0.15, -0.1) is 0 Å². The normalized spacial score (nSPS) is 14.0. The zero-order valence-corrected chi connectivity index (χ0v) is 15.8. The predicted molar refractivity (Wildman–Crippen MR) is 105 cm³/mol. The first-order chi connectivity index (χ1) is 12.9. The summed E-state index contributed by atoms with van der Waals surface area (Å²) in [6.45, 7) is 5.15. The van der Waals surface area contributed by atoms with Gasteiger partial charge in [-0.05, 0) is 60.7 Å². The number of rotatable bonds is 5. The van der Waals surface area contributed by atoms with Gasteiger partial charge < -0.3 is 4.90 Å². The summed E-state index contributed by atoms with van der Waals surface area (Å²) in [5.41, 5.74) is 5.03. The van der Waals surface area contributed by atoms with Gasteiger partial charge in [-0.3, -0.25) is 9.59 Å². The van der Waals surface area contributed by atoms with Crippen molar-refractivity contribution in [2.45, 2.75) is 33.1 Å². The van der Waals surface area contributed by atoms with Gasteiger partial charge in [-0.2, -0.15) is 0 Å². The lowest BCUT2D eigenvalue weighted by Crippen LogP contribution is -2.34. The molecule has 0 aliphatic carbocycles. The van der Waals surface area contributed by atoms with Crippen LogP contribution in [0.5, 0.6) is 0 Å². The molecule has 2 aromatic rings. The maximum atomic E-state index is 13.0. The van der Waals surface area contributed by atoms with Crippen LogP contribution in [0.3, 0.4) is 0 Å². The highest BCUT2D eigenvalue weighted by Crippen LogP contribution is 2.23. The van der Waals surface area contributed by atoms with E-state index in [1.807, 2.05) is 38.1 Å². The molecule has 0 atom stereocenters. The standard InChI is InChI=1S/C23H24FNO2/c1-16-3-4-20(15-17(16)2)22(26)9-10-23(27)25-13-11-19(12-14-25)18-5-7-21(24)8-6-18/h3-8,11,15H,9-10,12-14H2,1-2H3. The van der Waals surface area contributed by atoms with Gasteiger partial charge >= 0.3 is 0 Å². The quantitative estimate of drug-likeness (QED) is 0.719. The van der Waals surface area contributed by atoms with E-state index in [-0.39, 0.29) is 30.3 Å². The van der Waals surface area contributed by atoms with Crippen LogP contribution in [0.4, 0.5) is 4.39 Å². The van der Waals surface area contributed by atoms with Crippen molar-refractivity contribution in [3.05, 3.63) is 76.6 Å². The maximum Gasteiger partial charge on any atom is 0.223 e. The number of aryl methyl sites for hydroxylation is 2. The molecule has 1 amide bonds. The molecule has 4 heteroatoms. The zero-order valence-electron chi connectivity index (χ0n) is 15.8. The van der Waals surface area contributed by atoms with Gasteiger partial charge in [0.25, 0.3) is 0 Å². The van der Waals surface area contributed by atoms with Gasteiger partial charge in [0.05, 0.1) is 0 Å². The number of halogens is 1. The number of carbonyl (C=O) groups is 2. The Morgan fingerprint density at radius 1 is 1.00 bits per heavy atom. The first-order valence-corrected chi connectivity index (χ1v) is 9.27. The van der Waals surface area contributed by atoms with E-state index in [0.29, 0.717) is 18.7 Å². The second-order valence-corrected chi connectivity index (χ2v) is 7.05. The lowest BCUT2D eigenvalue weighted by Gasteiger charge is -2.26. The average Bonchev–Trinajstić information content (AvgIpc) is 2.68. The van der Waals surface area contributed by atoms with Gasteiger partial charge in [-0.1, -0.05) is 30.3 Å². The van der Waals surface area contributed by atoms with E-state index in [2.05, 4.69) is 0 Å². The van der Waals surface area contributed by atoms with Crippen molar-refractivity contribution in [2.24, 2.45) is 0 Å². The minimum atomic E-state index is -0.250. The largest absolute Gasteiger partial charge is 0.339 e. The first kappa shape index (κ1) is 19.0. The second-order valence-electron chi connectivity index (χ2n) is 7.05. The van der Waals surface area contributed by atoms with Crippen LogP contribution < -0.4 is 0 Å². The second kappa shape index (κ2) is 8.30. The molecule has 1 aliphatic heterocycles. The minimum Gasteiger partial charge on any atom is -0.339 e. The molecule has 0 aromatic heterocycles. The van der Waals surface area contributed by atoms with Crippen molar-refractivity contribution in [3.8, 4) is 0 Å². The molecule has 3 nitrogen and oxygen atoms in total. The van der Waals surface area contributed by atoms with Crippen LogP contribution >= 0.6 is 0 Å². The van der Waals surface area contributed by atoms with Crippen LogP contribution in [0.15, 0.2) is 48.5 Å². The Bertz CT molecular complexity index is 884. The number of Topliss-reactive ketones (excluding diaryl/α,β-unsaturated/α-hetero) is 1. The molecule has 1 aliphatic rings. The topological polar surface area (TPSA) is 37.4 Å². The van der Waals surface area contributed by atoms with Gasteiger partial charge in [0.15, 0.2) is 5.78 Å². The molecule has 0 N–H and O–H groups in total. The summed E-state index contributed by atoms with van der Waals surface area (Å²) in [5.74, 6) is -0.243. The molecule has 1 heterocycles. The number of carbonyl (C=O) groups excluding carboxylic acids is 2. The van der Waals surface area contributed by atoms with Gasteiger partial charge in [0, 0.05) is 31.5 Å². The molecule has 0 bridgehead atoms. The van der Waals surface area contributed by atoms with Crippen molar-refractivity contribution in [3.63, 3.8) is 0 Å². The Hall–Kier alpha value is -2.75. The zero-order chi connectivity index (χ0) is 19.4. The first-order valence-electron chi connectivity index (χ1n) is 9.27. The summed E-state index contributed by atoms with van der Waals surface area (Å²) in [6, 6.07) is 12.1. The molecular formula is C23H24FNO2. The average molecular weight is 365 g/mol. The fraction of sp³-hybridized carbons (Fsp3) is 0.304. The summed E-state index contributed by atoms with van der Waals surface area (Å²) < 4.78 is 13.0. The molecule has 0 fully saturated rings. The summed E-state index contributed by atoms with van der Waals surface area (Å²) >= 11 is 0. The number of hydrogen-bond donors (Lipinski definition) is 0. The van der Waals surface area contributed by atoms with Crippen molar-refractivity contribution >= 4 is 17.3 Å². The van der Waals surface area contributed by atoms with Crippen LogP contribution in [0.2, 0.25) is 0 Å². The van der Waals surface area contributed by atoms with Crippen LogP contribution in [0, 0.1) is 19.7 Å². The van der Waals surface area contributed by atoms with Crippen LogP contribution in [-0.4, -0.2) is 29.7 Å².